The summed E-state index contributed by atoms with van der Waals surface area (Å²) >= 11 is 3.44. The minimum atomic E-state index is -1.87. The number of hydrogen-bond acceptors (Lipinski definition) is 2. The van der Waals surface area contributed by atoms with Gasteiger partial charge in [0, 0.05) is 4.47 Å². The van der Waals surface area contributed by atoms with E-state index >= 15 is 0 Å². The van der Waals surface area contributed by atoms with E-state index in [2.05, 4.69) is 87.8 Å². The van der Waals surface area contributed by atoms with Crippen molar-refractivity contribution in [3.05, 3.63) is 69.2 Å². The summed E-state index contributed by atoms with van der Waals surface area (Å²) in [5.41, 5.74) is 5.95. The van der Waals surface area contributed by atoms with E-state index < -0.39 is 8.32 Å². The lowest BCUT2D eigenvalue weighted by molar-refractivity contribution is 0.266. The minimum absolute atomic E-state index is 0.580. The Morgan fingerprint density at radius 2 is 1.54 bits per heavy atom. The van der Waals surface area contributed by atoms with Crippen LogP contribution in [0.15, 0.2) is 46.9 Å². The average molecular weight is 459 g/mol. The summed E-state index contributed by atoms with van der Waals surface area (Å²) in [5, 5.41) is 9.42. The highest BCUT2D eigenvalue weighted by molar-refractivity contribution is 9.10. The van der Waals surface area contributed by atoms with E-state index in [1.54, 1.807) is 0 Å². The quantitative estimate of drug-likeness (QED) is 0.382. The Balaban J connectivity index is 2.21. The van der Waals surface area contributed by atoms with Crippen molar-refractivity contribution in [2.45, 2.75) is 71.2 Å². The van der Waals surface area contributed by atoms with Crippen LogP contribution in [0.2, 0.25) is 16.6 Å². The summed E-state index contributed by atoms with van der Waals surface area (Å²) in [7, 11) is -1.87. The van der Waals surface area contributed by atoms with Crippen LogP contribution in [0, 0.1) is 11.3 Å². The van der Waals surface area contributed by atoms with Gasteiger partial charge in [-0.25, -0.2) is 0 Å². The zero-order chi connectivity index (χ0) is 20.9. The molecule has 0 radical (unpaired) electrons. The Labute approximate surface area is 180 Å². The summed E-state index contributed by atoms with van der Waals surface area (Å²) in [4.78, 5) is 0. The molecule has 2 nitrogen and oxygen atoms in total. The predicted octanol–water partition coefficient (Wildman–Crippen LogP) is 7.60. The van der Waals surface area contributed by atoms with Crippen molar-refractivity contribution >= 4 is 24.2 Å². The average Bonchev–Trinajstić information content (AvgIpc) is 2.63. The molecule has 2 aromatic carbocycles. The van der Waals surface area contributed by atoms with Crippen LogP contribution in [0.25, 0.3) is 0 Å². The first-order chi connectivity index (χ1) is 13.2. The fourth-order valence-corrected chi connectivity index (χ4v) is 10.3. The van der Waals surface area contributed by atoms with E-state index in [0.717, 1.165) is 22.0 Å². The van der Waals surface area contributed by atoms with Crippen LogP contribution in [0.5, 0.6) is 0 Å². The smallest absolute Gasteiger partial charge is 0.200 e. The summed E-state index contributed by atoms with van der Waals surface area (Å²) in [5.74, 6) is 0. The SMILES string of the molecule is CC(C)[Si](OCc1cccc(Cc2ccc(Br)cc2C#N)c1)(C(C)C)C(C)C. The number of nitrogens with zero attached hydrogens (tertiary/aromatic N) is 1. The van der Waals surface area contributed by atoms with Crippen molar-refractivity contribution in [1.82, 2.24) is 0 Å². The molecule has 0 amide bonds. The highest BCUT2D eigenvalue weighted by Crippen LogP contribution is 2.42. The number of benzene rings is 2. The molecule has 0 unspecified atom stereocenters. The van der Waals surface area contributed by atoms with Crippen LogP contribution in [-0.4, -0.2) is 8.32 Å². The molecular formula is C24H32BrNOSi. The second-order valence-corrected chi connectivity index (χ2v) is 14.9. The van der Waals surface area contributed by atoms with Gasteiger partial charge < -0.3 is 4.43 Å². The molecule has 0 heterocycles. The van der Waals surface area contributed by atoms with Crippen LogP contribution in [0.3, 0.4) is 0 Å². The minimum Gasteiger partial charge on any atom is -0.412 e. The number of nitriles is 1. The van der Waals surface area contributed by atoms with Gasteiger partial charge in [-0.3, -0.25) is 0 Å². The van der Waals surface area contributed by atoms with E-state index in [4.69, 9.17) is 4.43 Å². The Bertz CT molecular complexity index is 817. The molecule has 0 fully saturated rings. The normalized spacial score (nSPS) is 12.0. The van der Waals surface area contributed by atoms with Crippen molar-refractivity contribution in [1.29, 1.82) is 5.26 Å². The lowest BCUT2D eigenvalue weighted by atomic mass is 9.99. The number of rotatable bonds is 8. The standard InChI is InChI=1S/C24H32BrNOSi/c1-17(2)28(18(3)4,19(5)6)27-16-21-9-7-8-20(12-21)13-22-10-11-24(25)14-23(22)15-26/h7-12,14,17-19H,13,16H2,1-6H3. The number of halogens is 1. The van der Waals surface area contributed by atoms with Crippen LogP contribution in [0.1, 0.15) is 63.8 Å². The monoisotopic (exact) mass is 457 g/mol. The summed E-state index contributed by atoms with van der Waals surface area (Å²) in [6.07, 6.45) is 0.755. The number of hydrogen-bond donors (Lipinski definition) is 0. The van der Waals surface area contributed by atoms with Crippen molar-refractivity contribution in [2.75, 3.05) is 0 Å². The van der Waals surface area contributed by atoms with Crippen molar-refractivity contribution in [3.8, 4) is 6.07 Å². The third kappa shape index (κ3) is 5.14. The van der Waals surface area contributed by atoms with Crippen LogP contribution in [-0.2, 0) is 17.5 Å². The van der Waals surface area contributed by atoms with Crippen molar-refractivity contribution in [3.63, 3.8) is 0 Å². The fraction of sp³-hybridized carbons (Fsp3) is 0.458. The highest BCUT2D eigenvalue weighted by Gasteiger charge is 2.44. The first kappa shape index (κ1) is 22.9. The fourth-order valence-electron chi connectivity index (χ4n) is 4.56. The van der Waals surface area contributed by atoms with E-state index in [1.165, 1.54) is 11.1 Å². The lowest BCUT2D eigenvalue weighted by Crippen LogP contribution is -2.47. The third-order valence-electron chi connectivity index (χ3n) is 5.77. The summed E-state index contributed by atoms with van der Waals surface area (Å²) < 4.78 is 7.68. The van der Waals surface area contributed by atoms with Gasteiger partial charge in [-0.1, -0.05) is 87.8 Å². The van der Waals surface area contributed by atoms with Crippen molar-refractivity contribution < 1.29 is 4.43 Å². The molecule has 0 saturated carbocycles. The molecule has 2 rings (SSSR count). The maximum absolute atomic E-state index is 9.42. The van der Waals surface area contributed by atoms with Gasteiger partial charge in [-0.2, -0.15) is 5.26 Å². The molecule has 0 saturated heterocycles. The van der Waals surface area contributed by atoms with Gasteiger partial charge in [0.2, 0.25) is 8.32 Å². The van der Waals surface area contributed by atoms with Gasteiger partial charge in [0.05, 0.1) is 18.2 Å². The molecule has 0 aliphatic heterocycles. The van der Waals surface area contributed by atoms with E-state index in [-0.39, 0.29) is 0 Å². The maximum atomic E-state index is 9.42. The van der Waals surface area contributed by atoms with E-state index in [9.17, 15) is 5.26 Å². The largest absolute Gasteiger partial charge is 0.412 e. The molecule has 0 aliphatic carbocycles. The van der Waals surface area contributed by atoms with Crippen LogP contribution >= 0.6 is 15.9 Å². The second-order valence-electron chi connectivity index (χ2n) is 8.52. The molecule has 150 valence electrons. The zero-order valence-corrected chi connectivity index (χ0v) is 20.5. The molecule has 0 N–H and O–H groups in total. The Morgan fingerprint density at radius 3 is 2.11 bits per heavy atom. The first-order valence-electron chi connectivity index (χ1n) is 10.1. The Kier molecular flexibility index (Phi) is 8.06. The molecule has 0 bridgehead atoms. The van der Waals surface area contributed by atoms with Crippen LogP contribution in [0.4, 0.5) is 0 Å². The van der Waals surface area contributed by atoms with Gasteiger partial charge in [0.15, 0.2) is 0 Å². The molecule has 28 heavy (non-hydrogen) atoms. The van der Waals surface area contributed by atoms with Gasteiger partial charge in [0.25, 0.3) is 0 Å². The first-order valence-corrected chi connectivity index (χ1v) is 13.0. The Morgan fingerprint density at radius 1 is 0.929 bits per heavy atom. The van der Waals surface area contributed by atoms with Crippen molar-refractivity contribution in [2.24, 2.45) is 0 Å². The molecule has 0 spiro atoms. The Hall–Kier alpha value is -1.41. The molecule has 2 aromatic rings. The third-order valence-corrected chi connectivity index (χ3v) is 12.3. The molecule has 0 aromatic heterocycles. The van der Waals surface area contributed by atoms with E-state index in [1.807, 2.05) is 18.2 Å². The van der Waals surface area contributed by atoms with Gasteiger partial charge >= 0.3 is 0 Å². The van der Waals surface area contributed by atoms with Gasteiger partial charge in [0.1, 0.15) is 0 Å². The molecular weight excluding hydrogens is 426 g/mol. The summed E-state index contributed by atoms with van der Waals surface area (Å²) in [6.45, 7) is 14.6. The molecule has 4 heteroatoms. The predicted molar refractivity (Wildman–Crippen MR) is 124 cm³/mol. The molecule has 0 atom stereocenters. The lowest BCUT2D eigenvalue weighted by Gasteiger charge is -2.42. The topological polar surface area (TPSA) is 33.0 Å². The van der Waals surface area contributed by atoms with Gasteiger partial charge in [-0.05, 0) is 51.9 Å². The molecule has 0 aliphatic rings. The summed E-state index contributed by atoms with van der Waals surface area (Å²) in [6, 6.07) is 16.8. The van der Waals surface area contributed by atoms with E-state index in [0.29, 0.717) is 23.2 Å². The second kappa shape index (κ2) is 9.87. The van der Waals surface area contributed by atoms with Gasteiger partial charge in [-0.15, -0.1) is 0 Å². The highest BCUT2D eigenvalue weighted by atomic mass is 79.9. The zero-order valence-electron chi connectivity index (χ0n) is 17.9. The maximum Gasteiger partial charge on any atom is 0.200 e. The van der Waals surface area contributed by atoms with Crippen LogP contribution < -0.4 is 0 Å².